The van der Waals surface area contributed by atoms with Crippen LogP contribution < -0.4 is 5.32 Å². The lowest BCUT2D eigenvalue weighted by Crippen LogP contribution is -2.38. The maximum Gasteiger partial charge on any atom is 0.322 e. The van der Waals surface area contributed by atoms with Crippen molar-refractivity contribution in [2.45, 2.75) is 39.3 Å². The quantitative estimate of drug-likeness (QED) is 0.368. The topological polar surface area (TPSA) is 37.3 Å². The van der Waals surface area contributed by atoms with Crippen LogP contribution in [-0.2, 0) is 6.54 Å². The third kappa shape index (κ3) is 3.93. The number of para-hydroxylation sites is 2. The maximum absolute atomic E-state index is 13.8. The van der Waals surface area contributed by atoms with Crippen molar-refractivity contribution in [3.8, 4) is 5.69 Å². The smallest absolute Gasteiger partial charge is 0.318 e. The number of hydrogen-bond acceptors (Lipinski definition) is 1. The van der Waals surface area contributed by atoms with Gasteiger partial charge in [-0.05, 0) is 59.4 Å². The molecule has 5 rings (SSSR count). The summed E-state index contributed by atoms with van der Waals surface area (Å²) in [6, 6.07) is 28.8. The Morgan fingerprint density at radius 2 is 1.64 bits per heavy atom. The highest BCUT2D eigenvalue weighted by molar-refractivity contribution is 5.91. The Balaban J connectivity index is 1.62. The van der Waals surface area contributed by atoms with Gasteiger partial charge in [0.05, 0.1) is 18.3 Å². The highest BCUT2D eigenvalue weighted by Gasteiger charge is 2.33. The number of carbonyl (C=O) groups excluding carboxylic acids is 1. The molecule has 166 valence electrons. The Morgan fingerprint density at radius 1 is 0.909 bits per heavy atom. The largest absolute Gasteiger partial charge is 0.322 e. The first-order chi connectivity index (χ1) is 16.0. The lowest BCUT2D eigenvalue weighted by molar-refractivity contribution is 0.194. The van der Waals surface area contributed by atoms with E-state index in [1.54, 1.807) is 0 Å². The van der Waals surface area contributed by atoms with Crippen LogP contribution in [0.5, 0.6) is 0 Å². The van der Waals surface area contributed by atoms with Crippen molar-refractivity contribution < 1.29 is 4.79 Å². The summed E-state index contributed by atoms with van der Waals surface area (Å²) >= 11 is 0. The van der Waals surface area contributed by atoms with Gasteiger partial charge in [0.25, 0.3) is 0 Å². The summed E-state index contributed by atoms with van der Waals surface area (Å²) in [7, 11) is 0. The zero-order valence-corrected chi connectivity index (χ0v) is 19.3. The van der Waals surface area contributed by atoms with Gasteiger partial charge in [0.2, 0.25) is 0 Å². The van der Waals surface area contributed by atoms with Gasteiger partial charge >= 0.3 is 6.03 Å². The highest BCUT2D eigenvalue weighted by Crippen LogP contribution is 2.37. The SMILES string of the molecule is Cc1ccccc1NC(=O)N1Cc2ccccc2-n2cccc2C1c1ccc(C(C)C)cc1. The van der Waals surface area contributed by atoms with Crippen molar-refractivity contribution in [1.82, 2.24) is 9.47 Å². The van der Waals surface area contributed by atoms with Gasteiger partial charge in [0.1, 0.15) is 0 Å². The molecule has 4 aromatic rings. The van der Waals surface area contributed by atoms with E-state index in [1.807, 2.05) is 42.2 Å². The number of aryl methyl sites for hydroxylation is 1. The average Bonchev–Trinajstić information content (AvgIpc) is 3.25. The fraction of sp³-hybridized carbons (Fsp3) is 0.207. The molecule has 0 fully saturated rings. The normalized spacial score (nSPS) is 15.0. The third-order valence-electron chi connectivity index (χ3n) is 6.53. The molecule has 4 heteroatoms. The van der Waals surface area contributed by atoms with Crippen molar-refractivity contribution in [2.75, 3.05) is 5.32 Å². The summed E-state index contributed by atoms with van der Waals surface area (Å²) in [5, 5.41) is 3.17. The number of fused-ring (bicyclic) bond motifs is 3. The third-order valence-corrected chi connectivity index (χ3v) is 6.53. The van der Waals surface area contributed by atoms with Crippen LogP contribution >= 0.6 is 0 Å². The van der Waals surface area contributed by atoms with Gasteiger partial charge in [0, 0.05) is 17.6 Å². The van der Waals surface area contributed by atoms with Crippen molar-refractivity contribution in [1.29, 1.82) is 0 Å². The van der Waals surface area contributed by atoms with E-state index in [-0.39, 0.29) is 12.1 Å². The number of urea groups is 1. The van der Waals surface area contributed by atoms with Crippen LogP contribution in [0.1, 0.15) is 53.8 Å². The van der Waals surface area contributed by atoms with E-state index in [0.29, 0.717) is 12.5 Å². The minimum Gasteiger partial charge on any atom is -0.318 e. The van der Waals surface area contributed by atoms with Gasteiger partial charge in [-0.15, -0.1) is 0 Å². The molecule has 1 atom stereocenters. The summed E-state index contributed by atoms with van der Waals surface area (Å²) in [5.74, 6) is 0.460. The number of nitrogens with zero attached hydrogens (tertiary/aromatic N) is 2. The van der Waals surface area contributed by atoms with E-state index in [9.17, 15) is 4.79 Å². The molecule has 1 aromatic heterocycles. The van der Waals surface area contributed by atoms with Crippen LogP contribution in [0, 0.1) is 6.92 Å². The summed E-state index contributed by atoms with van der Waals surface area (Å²) in [6.45, 7) is 6.93. The molecule has 33 heavy (non-hydrogen) atoms. The van der Waals surface area contributed by atoms with Crippen LogP contribution in [0.15, 0.2) is 91.1 Å². The lowest BCUT2D eigenvalue weighted by atomic mass is 9.97. The lowest BCUT2D eigenvalue weighted by Gasteiger charge is -2.31. The molecule has 0 radical (unpaired) electrons. The fourth-order valence-corrected chi connectivity index (χ4v) is 4.65. The van der Waals surface area contributed by atoms with Crippen molar-refractivity contribution in [2.24, 2.45) is 0 Å². The van der Waals surface area contributed by atoms with Crippen molar-refractivity contribution >= 4 is 11.7 Å². The molecule has 1 N–H and O–H groups in total. The molecule has 0 saturated carbocycles. The molecule has 0 bridgehead atoms. The van der Waals surface area contributed by atoms with Crippen LogP contribution in [0.25, 0.3) is 5.69 Å². The van der Waals surface area contributed by atoms with Gasteiger partial charge in [-0.2, -0.15) is 0 Å². The van der Waals surface area contributed by atoms with Crippen LogP contribution in [0.4, 0.5) is 10.5 Å². The molecular weight excluding hydrogens is 406 g/mol. The Morgan fingerprint density at radius 3 is 2.39 bits per heavy atom. The first kappa shape index (κ1) is 21.1. The van der Waals surface area contributed by atoms with Crippen molar-refractivity contribution in [3.63, 3.8) is 0 Å². The molecule has 0 aliphatic carbocycles. The predicted molar refractivity (Wildman–Crippen MR) is 134 cm³/mol. The van der Waals surface area contributed by atoms with Crippen LogP contribution in [-0.4, -0.2) is 15.5 Å². The standard InChI is InChI=1S/C29H29N3O/c1-20(2)22-14-16-23(17-15-22)28-27-13-8-18-31(27)26-12-7-5-10-24(26)19-32(28)29(33)30-25-11-6-4-9-21(25)3/h4-18,20,28H,19H2,1-3H3,(H,30,33). The first-order valence-corrected chi connectivity index (χ1v) is 11.5. The van der Waals surface area contributed by atoms with E-state index in [0.717, 1.165) is 33.8 Å². The number of hydrogen-bond donors (Lipinski definition) is 1. The predicted octanol–water partition coefficient (Wildman–Crippen LogP) is 7.05. The number of rotatable bonds is 3. The summed E-state index contributed by atoms with van der Waals surface area (Å²) < 4.78 is 2.22. The number of aromatic nitrogens is 1. The number of amides is 2. The second kappa shape index (κ2) is 8.62. The Labute approximate surface area is 195 Å². The van der Waals surface area contributed by atoms with Crippen LogP contribution in [0.3, 0.4) is 0 Å². The van der Waals surface area contributed by atoms with Gasteiger partial charge < -0.3 is 14.8 Å². The molecule has 4 nitrogen and oxygen atoms in total. The Bertz CT molecular complexity index is 1290. The average molecular weight is 436 g/mol. The minimum absolute atomic E-state index is 0.105. The highest BCUT2D eigenvalue weighted by atomic mass is 16.2. The monoisotopic (exact) mass is 435 g/mol. The molecule has 2 heterocycles. The maximum atomic E-state index is 13.8. The molecule has 1 unspecified atom stereocenters. The van der Waals surface area contributed by atoms with Crippen LogP contribution in [0.2, 0.25) is 0 Å². The Kier molecular flexibility index (Phi) is 5.51. The number of anilines is 1. The molecule has 1 aliphatic heterocycles. The van der Waals surface area contributed by atoms with Gasteiger partial charge in [-0.3, -0.25) is 0 Å². The second-order valence-electron chi connectivity index (χ2n) is 9.03. The molecule has 2 amide bonds. The number of nitrogens with one attached hydrogen (secondary N) is 1. The molecule has 3 aromatic carbocycles. The number of benzene rings is 3. The van der Waals surface area contributed by atoms with Crippen molar-refractivity contribution in [3.05, 3.63) is 119 Å². The summed E-state index contributed by atoms with van der Waals surface area (Å²) in [4.78, 5) is 15.7. The summed E-state index contributed by atoms with van der Waals surface area (Å²) in [6.07, 6.45) is 2.09. The number of carbonyl (C=O) groups is 1. The molecule has 1 aliphatic rings. The van der Waals surface area contributed by atoms with E-state index in [1.165, 1.54) is 5.56 Å². The first-order valence-electron chi connectivity index (χ1n) is 11.5. The van der Waals surface area contributed by atoms with Gasteiger partial charge in [-0.25, -0.2) is 4.79 Å². The van der Waals surface area contributed by atoms with Gasteiger partial charge in [0.15, 0.2) is 0 Å². The van der Waals surface area contributed by atoms with E-state index in [4.69, 9.17) is 0 Å². The van der Waals surface area contributed by atoms with E-state index in [2.05, 4.69) is 84.5 Å². The zero-order chi connectivity index (χ0) is 22.9. The Hall–Kier alpha value is -3.79. The minimum atomic E-state index is -0.211. The molecular formula is C29H29N3O. The summed E-state index contributed by atoms with van der Waals surface area (Å²) in [5.41, 5.74) is 7.60. The molecule has 0 saturated heterocycles. The fourth-order valence-electron chi connectivity index (χ4n) is 4.65. The van der Waals surface area contributed by atoms with Gasteiger partial charge in [-0.1, -0.05) is 74.5 Å². The molecule has 0 spiro atoms. The zero-order valence-electron chi connectivity index (χ0n) is 19.3. The van der Waals surface area contributed by atoms with E-state index < -0.39 is 0 Å². The van der Waals surface area contributed by atoms with E-state index >= 15 is 0 Å². The second-order valence-corrected chi connectivity index (χ2v) is 9.03.